The number of amides is 1. The number of aromatic amines is 1. The van der Waals surface area contributed by atoms with Gasteiger partial charge in [0, 0.05) is 54.2 Å². The Morgan fingerprint density at radius 1 is 1.14 bits per heavy atom. The molecule has 2 aliphatic rings. The summed E-state index contributed by atoms with van der Waals surface area (Å²) in [5.41, 5.74) is 3.42. The molecule has 3 aromatic rings. The van der Waals surface area contributed by atoms with Gasteiger partial charge in [0.2, 0.25) is 0 Å². The third kappa shape index (κ3) is 4.36. The van der Waals surface area contributed by atoms with E-state index in [1.165, 1.54) is 24.0 Å². The van der Waals surface area contributed by atoms with Gasteiger partial charge < -0.3 is 10.3 Å². The van der Waals surface area contributed by atoms with Crippen molar-refractivity contribution < 1.29 is 4.79 Å². The number of hydrogen-bond donors (Lipinski definition) is 2. The largest absolute Gasteiger partial charge is 0.344 e. The van der Waals surface area contributed by atoms with E-state index in [2.05, 4.69) is 31.5 Å². The number of aromatic nitrogens is 4. The highest BCUT2D eigenvalue weighted by molar-refractivity contribution is 6.30. The van der Waals surface area contributed by atoms with Crippen molar-refractivity contribution in [1.82, 2.24) is 30.0 Å². The molecular weight excluding hydrogens is 388 g/mol. The highest BCUT2D eigenvalue weighted by atomic mass is 35.5. The van der Waals surface area contributed by atoms with E-state index < -0.39 is 0 Å². The molecule has 8 heteroatoms. The molecule has 1 aliphatic carbocycles. The van der Waals surface area contributed by atoms with Crippen molar-refractivity contribution in [2.24, 2.45) is 0 Å². The molecule has 2 aromatic heterocycles. The first kappa shape index (κ1) is 18.4. The predicted molar refractivity (Wildman–Crippen MR) is 110 cm³/mol. The van der Waals surface area contributed by atoms with E-state index in [9.17, 15) is 4.79 Å². The maximum atomic E-state index is 12.3. The smallest absolute Gasteiger partial charge is 0.287 e. The van der Waals surface area contributed by atoms with Gasteiger partial charge in [0.1, 0.15) is 0 Å². The molecule has 0 unspecified atom stereocenters. The lowest BCUT2D eigenvalue weighted by atomic mass is 10.1. The van der Waals surface area contributed by atoms with Gasteiger partial charge in [0.15, 0.2) is 5.82 Å². The molecule has 29 heavy (non-hydrogen) atoms. The number of nitrogens with zero attached hydrogens (tertiary/aromatic N) is 4. The topological polar surface area (TPSA) is 78.8 Å². The summed E-state index contributed by atoms with van der Waals surface area (Å²) in [6.45, 7) is 3.23. The van der Waals surface area contributed by atoms with Crippen molar-refractivity contribution in [3.05, 3.63) is 70.5 Å². The molecule has 3 heterocycles. The second-order valence-corrected chi connectivity index (χ2v) is 8.43. The summed E-state index contributed by atoms with van der Waals surface area (Å²) in [6, 6.07) is 7.98. The average Bonchev–Trinajstić information content (AvgIpc) is 3.24. The molecule has 1 saturated heterocycles. The van der Waals surface area contributed by atoms with Gasteiger partial charge in [-0.25, -0.2) is 4.98 Å². The number of carbonyl (C=O) groups is 1. The lowest BCUT2D eigenvalue weighted by molar-refractivity contribution is 0.0786. The number of imidazole rings is 1. The van der Waals surface area contributed by atoms with Crippen LogP contribution in [0.4, 0.5) is 0 Å². The fourth-order valence-electron chi connectivity index (χ4n) is 3.71. The number of H-pyrrole nitrogens is 1. The minimum Gasteiger partial charge on any atom is -0.344 e. The molecular formula is C21H23ClN6O. The molecule has 2 N–H and O–H groups in total. The maximum Gasteiger partial charge on any atom is 0.287 e. The van der Waals surface area contributed by atoms with Gasteiger partial charge in [0.25, 0.3) is 5.91 Å². The van der Waals surface area contributed by atoms with Gasteiger partial charge >= 0.3 is 0 Å². The van der Waals surface area contributed by atoms with Gasteiger partial charge in [0.05, 0.1) is 18.8 Å². The van der Waals surface area contributed by atoms with E-state index in [4.69, 9.17) is 11.6 Å². The van der Waals surface area contributed by atoms with Crippen LogP contribution in [0.5, 0.6) is 0 Å². The molecule has 1 amide bonds. The van der Waals surface area contributed by atoms with E-state index in [1.807, 2.05) is 35.1 Å². The second kappa shape index (κ2) is 7.65. The molecule has 0 atom stereocenters. The minimum atomic E-state index is -0.114. The summed E-state index contributed by atoms with van der Waals surface area (Å²) in [5, 5.41) is 8.25. The van der Waals surface area contributed by atoms with Crippen LogP contribution >= 0.6 is 11.6 Å². The standard InChI is InChI=1S/C21H23ClN6O/c22-17-5-1-14(2-6-17)10-28-11-15(7-24-28)9-27-12-18(13-27)25-21(29)20-23-8-19(26-20)16-3-4-16/h1-2,5-8,11,16,18H,3-4,9-10,12-13H2,(H,23,26)(H,25,29). The Kier molecular flexibility index (Phi) is 4.85. The van der Waals surface area contributed by atoms with Crippen molar-refractivity contribution in [2.45, 2.75) is 37.9 Å². The van der Waals surface area contributed by atoms with E-state index in [0.717, 1.165) is 36.9 Å². The predicted octanol–water partition coefficient (Wildman–Crippen LogP) is 2.80. The molecule has 1 saturated carbocycles. The number of hydrogen-bond acceptors (Lipinski definition) is 4. The van der Waals surface area contributed by atoms with Crippen LogP contribution < -0.4 is 5.32 Å². The van der Waals surface area contributed by atoms with E-state index >= 15 is 0 Å². The van der Waals surface area contributed by atoms with Crippen LogP contribution in [-0.4, -0.2) is 49.7 Å². The molecule has 1 aromatic carbocycles. The summed E-state index contributed by atoms with van der Waals surface area (Å²) >= 11 is 5.93. The number of likely N-dealkylation sites (tertiary alicyclic amines) is 1. The third-order valence-corrected chi connectivity index (χ3v) is 5.72. The van der Waals surface area contributed by atoms with Crippen molar-refractivity contribution in [2.75, 3.05) is 13.1 Å². The number of benzene rings is 1. The summed E-state index contributed by atoms with van der Waals surface area (Å²) in [4.78, 5) is 22.0. The second-order valence-electron chi connectivity index (χ2n) is 8.00. The Balaban J connectivity index is 1.08. The van der Waals surface area contributed by atoms with Crippen molar-refractivity contribution >= 4 is 17.5 Å². The van der Waals surface area contributed by atoms with Gasteiger partial charge in [-0.05, 0) is 30.5 Å². The average molecular weight is 411 g/mol. The minimum absolute atomic E-state index is 0.114. The van der Waals surface area contributed by atoms with Crippen molar-refractivity contribution in [1.29, 1.82) is 0 Å². The van der Waals surface area contributed by atoms with E-state index in [0.29, 0.717) is 11.7 Å². The van der Waals surface area contributed by atoms with Crippen LogP contribution in [0.3, 0.4) is 0 Å². The van der Waals surface area contributed by atoms with Gasteiger partial charge in [-0.15, -0.1) is 0 Å². The molecule has 0 radical (unpaired) electrons. The lowest BCUT2D eigenvalue weighted by Crippen LogP contribution is -2.58. The lowest BCUT2D eigenvalue weighted by Gasteiger charge is -2.39. The Morgan fingerprint density at radius 3 is 2.69 bits per heavy atom. The third-order valence-electron chi connectivity index (χ3n) is 5.47. The number of rotatable bonds is 7. The first-order valence-electron chi connectivity index (χ1n) is 9.96. The molecule has 0 bridgehead atoms. The van der Waals surface area contributed by atoms with Crippen molar-refractivity contribution in [3.63, 3.8) is 0 Å². The molecule has 150 valence electrons. The van der Waals surface area contributed by atoms with Crippen LogP contribution in [-0.2, 0) is 13.1 Å². The monoisotopic (exact) mass is 410 g/mol. The molecule has 7 nitrogen and oxygen atoms in total. The quantitative estimate of drug-likeness (QED) is 0.627. The zero-order valence-corrected chi connectivity index (χ0v) is 16.8. The van der Waals surface area contributed by atoms with Crippen LogP contribution in [0.25, 0.3) is 0 Å². The normalized spacial score (nSPS) is 17.3. The molecule has 0 spiro atoms. The highest BCUT2D eigenvalue weighted by Crippen LogP contribution is 2.38. The summed E-state index contributed by atoms with van der Waals surface area (Å²) < 4.78 is 1.94. The SMILES string of the molecule is O=C(NC1CN(Cc2cnn(Cc3ccc(Cl)cc3)c2)C1)c1ncc(C2CC2)[nH]1. The fourth-order valence-corrected chi connectivity index (χ4v) is 3.83. The first-order valence-corrected chi connectivity index (χ1v) is 10.3. The maximum absolute atomic E-state index is 12.3. The van der Waals surface area contributed by atoms with Crippen LogP contribution in [0.1, 0.15) is 46.2 Å². The van der Waals surface area contributed by atoms with Gasteiger partial charge in [-0.2, -0.15) is 5.10 Å². The van der Waals surface area contributed by atoms with Crippen LogP contribution in [0, 0.1) is 0 Å². The van der Waals surface area contributed by atoms with Crippen molar-refractivity contribution in [3.8, 4) is 0 Å². The van der Waals surface area contributed by atoms with Crippen LogP contribution in [0.2, 0.25) is 5.02 Å². The van der Waals surface area contributed by atoms with Crippen LogP contribution in [0.15, 0.2) is 42.9 Å². The van der Waals surface area contributed by atoms with Gasteiger partial charge in [-0.3, -0.25) is 14.4 Å². The van der Waals surface area contributed by atoms with E-state index in [-0.39, 0.29) is 11.9 Å². The summed E-state index contributed by atoms with van der Waals surface area (Å²) in [5.74, 6) is 0.884. The van der Waals surface area contributed by atoms with Gasteiger partial charge in [-0.1, -0.05) is 23.7 Å². The zero-order chi connectivity index (χ0) is 19.8. The zero-order valence-electron chi connectivity index (χ0n) is 16.0. The first-order chi connectivity index (χ1) is 14.1. The molecule has 1 aliphatic heterocycles. The number of nitrogens with one attached hydrogen (secondary N) is 2. The highest BCUT2D eigenvalue weighted by Gasteiger charge is 2.30. The summed E-state index contributed by atoms with van der Waals surface area (Å²) in [7, 11) is 0. The number of carbonyl (C=O) groups excluding carboxylic acids is 1. The molecule has 5 rings (SSSR count). The Bertz CT molecular complexity index is 1000. The fraction of sp³-hybridized carbons (Fsp3) is 0.381. The molecule has 2 fully saturated rings. The Labute approximate surface area is 174 Å². The Morgan fingerprint density at radius 2 is 1.93 bits per heavy atom. The number of halogens is 1. The van der Waals surface area contributed by atoms with E-state index in [1.54, 1.807) is 6.20 Å². The summed E-state index contributed by atoms with van der Waals surface area (Å²) in [6.07, 6.45) is 8.16. The Hall–Kier alpha value is -2.64.